The van der Waals surface area contributed by atoms with Crippen molar-refractivity contribution in [2.45, 2.75) is 32.4 Å². The van der Waals surface area contributed by atoms with Crippen LogP contribution in [0.5, 0.6) is 0 Å². The number of Topliss-reactive ketones (excluding diaryl/α,β-unsaturated/α-hetero) is 1. The summed E-state index contributed by atoms with van der Waals surface area (Å²) in [5.74, 6) is -1.80. The predicted octanol–water partition coefficient (Wildman–Crippen LogP) is -0.141. The Morgan fingerprint density at radius 3 is 1.81 bits per heavy atom. The highest BCUT2D eigenvalue weighted by Crippen LogP contribution is 2.52. The van der Waals surface area contributed by atoms with E-state index in [0.29, 0.717) is 26.2 Å². The third-order valence-corrected chi connectivity index (χ3v) is 5.33. The molecule has 4 aliphatic rings. The maximum atomic E-state index is 12.6. The standard InChI is InChI=1S/C14H20N2O5/c1-12-5-15-7-13(2,10(12)19)8-16(6-12)14(15,11(20)21)4-3-9(17)18/h3-8H2,1-2H3,(H,17,18)(H,20,21). The largest absolute Gasteiger partial charge is 0.481 e. The number of carbonyl (C=O) groups excluding carboxylic acids is 1. The van der Waals surface area contributed by atoms with Crippen LogP contribution in [0.3, 0.4) is 0 Å². The molecule has 21 heavy (non-hydrogen) atoms. The van der Waals surface area contributed by atoms with E-state index in [4.69, 9.17) is 5.11 Å². The predicted molar refractivity (Wildman–Crippen MR) is 71.6 cm³/mol. The number of nitrogens with zero attached hydrogens (tertiary/aromatic N) is 2. The third-order valence-electron chi connectivity index (χ3n) is 5.33. The van der Waals surface area contributed by atoms with Crippen molar-refractivity contribution in [2.75, 3.05) is 26.2 Å². The van der Waals surface area contributed by atoms with Crippen LogP contribution < -0.4 is 0 Å². The van der Waals surface area contributed by atoms with Gasteiger partial charge in [-0.25, -0.2) is 4.79 Å². The topological polar surface area (TPSA) is 98.2 Å². The maximum absolute atomic E-state index is 12.6. The summed E-state index contributed by atoms with van der Waals surface area (Å²) < 4.78 is 0. The van der Waals surface area contributed by atoms with E-state index in [1.54, 1.807) is 0 Å². The van der Waals surface area contributed by atoms with E-state index >= 15 is 0 Å². The molecule has 0 atom stereocenters. The van der Waals surface area contributed by atoms with Crippen LogP contribution in [0.25, 0.3) is 0 Å². The molecule has 4 saturated heterocycles. The number of carboxylic acid groups (broad SMARTS) is 2. The zero-order chi connectivity index (χ0) is 15.6. The van der Waals surface area contributed by atoms with E-state index in [1.165, 1.54) is 0 Å². The molecular weight excluding hydrogens is 276 g/mol. The minimum atomic E-state index is -1.28. The smallest absolute Gasteiger partial charge is 0.339 e. The summed E-state index contributed by atoms with van der Waals surface area (Å²) >= 11 is 0. The van der Waals surface area contributed by atoms with Crippen LogP contribution in [0.1, 0.15) is 26.7 Å². The van der Waals surface area contributed by atoms with Gasteiger partial charge >= 0.3 is 11.9 Å². The second kappa shape index (κ2) is 4.04. The molecule has 0 aromatic rings. The average molecular weight is 296 g/mol. The first-order valence-electron chi connectivity index (χ1n) is 7.14. The van der Waals surface area contributed by atoms with Gasteiger partial charge in [0.05, 0.1) is 10.8 Å². The summed E-state index contributed by atoms with van der Waals surface area (Å²) in [6.45, 7) is 5.34. The molecule has 0 spiro atoms. The molecule has 0 amide bonds. The molecule has 0 saturated carbocycles. The number of aliphatic carboxylic acids is 2. The molecule has 0 aliphatic carbocycles. The number of rotatable bonds is 4. The van der Waals surface area contributed by atoms with Gasteiger partial charge in [-0.1, -0.05) is 13.8 Å². The molecule has 2 N–H and O–H groups in total. The fourth-order valence-corrected chi connectivity index (χ4v) is 4.61. The number of carbonyl (C=O) groups is 3. The van der Waals surface area contributed by atoms with Gasteiger partial charge < -0.3 is 10.2 Å². The minimum Gasteiger partial charge on any atom is -0.481 e. The van der Waals surface area contributed by atoms with E-state index in [9.17, 15) is 19.5 Å². The van der Waals surface area contributed by atoms with Crippen molar-refractivity contribution in [3.63, 3.8) is 0 Å². The Morgan fingerprint density at radius 2 is 1.48 bits per heavy atom. The van der Waals surface area contributed by atoms with Gasteiger partial charge in [-0.05, 0) is 0 Å². The highest BCUT2D eigenvalue weighted by Gasteiger charge is 2.69. The van der Waals surface area contributed by atoms with Gasteiger partial charge in [0.25, 0.3) is 0 Å². The summed E-state index contributed by atoms with van der Waals surface area (Å²) in [5.41, 5.74) is -2.38. The molecular formula is C14H20N2O5. The fraction of sp³-hybridized carbons (Fsp3) is 0.786. The van der Waals surface area contributed by atoms with Gasteiger partial charge in [-0.3, -0.25) is 19.4 Å². The Labute approximate surface area is 122 Å². The summed E-state index contributed by atoms with van der Waals surface area (Å²) in [4.78, 5) is 39.0. The Bertz CT molecular complexity index is 503. The van der Waals surface area contributed by atoms with Gasteiger partial charge in [0.1, 0.15) is 5.78 Å². The molecule has 4 fully saturated rings. The third kappa shape index (κ3) is 1.70. The van der Waals surface area contributed by atoms with Crippen molar-refractivity contribution in [3.05, 3.63) is 0 Å². The van der Waals surface area contributed by atoms with Crippen LogP contribution in [0.4, 0.5) is 0 Å². The quantitative estimate of drug-likeness (QED) is 0.745. The molecule has 7 heteroatoms. The number of hydrogen-bond donors (Lipinski definition) is 2. The molecule has 4 bridgehead atoms. The van der Waals surface area contributed by atoms with Gasteiger partial charge in [0.2, 0.25) is 0 Å². The highest BCUT2D eigenvalue weighted by molar-refractivity contribution is 5.94. The lowest BCUT2D eigenvalue weighted by Crippen LogP contribution is -2.84. The van der Waals surface area contributed by atoms with Crippen molar-refractivity contribution in [3.8, 4) is 0 Å². The number of carboxylic acids is 2. The second-order valence-electron chi connectivity index (χ2n) is 7.18. The molecule has 7 nitrogen and oxygen atoms in total. The maximum Gasteiger partial charge on any atom is 0.339 e. The van der Waals surface area contributed by atoms with Crippen molar-refractivity contribution in [1.29, 1.82) is 0 Å². The molecule has 4 rings (SSSR count). The van der Waals surface area contributed by atoms with Crippen molar-refractivity contribution in [1.82, 2.24) is 9.80 Å². The number of ketones is 1. The first kappa shape index (κ1) is 14.5. The van der Waals surface area contributed by atoms with Crippen LogP contribution in [0, 0.1) is 10.8 Å². The van der Waals surface area contributed by atoms with Crippen LogP contribution in [0.2, 0.25) is 0 Å². The lowest BCUT2D eigenvalue weighted by Gasteiger charge is -2.68. The molecule has 4 aliphatic heterocycles. The minimum absolute atomic E-state index is 0.0397. The Kier molecular flexibility index (Phi) is 2.79. The lowest BCUT2D eigenvalue weighted by atomic mass is 9.60. The van der Waals surface area contributed by atoms with Gasteiger partial charge in [-0.2, -0.15) is 0 Å². The summed E-state index contributed by atoms with van der Waals surface area (Å²) in [7, 11) is 0. The normalized spacial score (nSPS) is 47.6. The van der Waals surface area contributed by atoms with E-state index in [2.05, 4.69) is 0 Å². The highest BCUT2D eigenvalue weighted by atomic mass is 16.4. The Hall–Kier alpha value is -1.47. The van der Waals surface area contributed by atoms with Crippen molar-refractivity contribution in [2.24, 2.45) is 10.8 Å². The Balaban J connectivity index is 2.01. The number of hydrogen-bond acceptors (Lipinski definition) is 5. The van der Waals surface area contributed by atoms with Gasteiger partial charge in [-0.15, -0.1) is 0 Å². The lowest BCUT2D eigenvalue weighted by molar-refractivity contribution is -0.237. The monoisotopic (exact) mass is 296 g/mol. The molecule has 0 aromatic carbocycles. The van der Waals surface area contributed by atoms with Gasteiger partial charge in [0.15, 0.2) is 5.66 Å². The van der Waals surface area contributed by atoms with E-state index in [0.717, 1.165) is 0 Å². The molecule has 4 heterocycles. The van der Waals surface area contributed by atoms with Crippen LogP contribution in [-0.2, 0) is 14.4 Å². The van der Waals surface area contributed by atoms with Crippen LogP contribution in [0.15, 0.2) is 0 Å². The molecule has 0 unspecified atom stereocenters. The van der Waals surface area contributed by atoms with Crippen LogP contribution >= 0.6 is 0 Å². The second-order valence-corrected chi connectivity index (χ2v) is 7.18. The van der Waals surface area contributed by atoms with Crippen LogP contribution in [-0.4, -0.2) is 69.6 Å². The molecule has 116 valence electrons. The van der Waals surface area contributed by atoms with E-state index < -0.39 is 28.4 Å². The summed E-state index contributed by atoms with van der Waals surface area (Å²) in [6.07, 6.45) is -0.154. The summed E-state index contributed by atoms with van der Waals surface area (Å²) in [5, 5.41) is 18.7. The number of piperidine rings is 2. The zero-order valence-corrected chi connectivity index (χ0v) is 12.3. The molecule has 0 aromatic heterocycles. The SMILES string of the molecule is CC12CN3CC(C)(CN(C1)C3(CCC(=O)O)C(=O)O)C2=O. The van der Waals surface area contributed by atoms with E-state index in [1.807, 2.05) is 23.6 Å². The Morgan fingerprint density at radius 1 is 1.05 bits per heavy atom. The fourth-order valence-electron chi connectivity index (χ4n) is 4.61. The zero-order valence-electron chi connectivity index (χ0n) is 12.3. The first-order valence-corrected chi connectivity index (χ1v) is 7.14. The van der Waals surface area contributed by atoms with Gasteiger partial charge in [0, 0.05) is 39.0 Å². The summed E-state index contributed by atoms with van der Waals surface area (Å²) in [6, 6.07) is 0. The van der Waals surface area contributed by atoms with E-state index in [-0.39, 0.29) is 18.6 Å². The first-order chi connectivity index (χ1) is 9.64. The van der Waals surface area contributed by atoms with Crippen molar-refractivity contribution >= 4 is 17.7 Å². The van der Waals surface area contributed by atoms with Crippen molar-refractivity contribution < 1.29 is 24.6 Å². The molecule has 0 radical (unpaired) electrons. The average Bonchev–Trinajstić information content (AvgIpc) is 2.33.